The maximum absolute atomic E-state index is 14.4. The Morgan fingerprint density at radius 2 is 2.00 bits per heavy atom. The number of halogens is 2. The number of benzene rings is 2. The molecule has 1 unspecified atom stereocenters. The highest BCUT2D eigenvalue weighted by Crippen LogP contribution is 2.39. The van der Waals surface area contributed by atoms with Gasteiger partial charge < -0.3 is 10.2 Å². The van der Waals surface area contributed by atoms with Crippen molar-refractivity contribution < 1.29 is 13.6 Å². The Morgan fingerprint density at radius 3 is 2.84 bits per heavy atom. The van der Waals surface area contributed by atoms with Crippen LogP contribution in [0.4, 0.5) is 14.6 Å². The zero-order valence-corrected chi connectivity index (χ0v) is 17.5. The van der Waals surface area contributed by atoms with E-state index in [4.69, 9.17) is 0 Å². The largest absolute Gasteiger partial charge is 0.355 e. The normalized spacial score (nSPS) is 16.7. The molecule has 0 radical (unpaired) electrons. The summed E-state index contributed by atoms with van der Waals surface area (Å²) in [6.45, 7) is 1.69. The van der Waals surface area contributed by atoms with Gasteiger partial charge in [0.25, 0.3) is 0 Å². The second kappa shape index (κ2) is 8.19. The average Bonchev–Trinajstić information content (AvgIpc) is 3.18. The number of amides is 1. The molecule has 1 atom stereocenters. The standard InChI is InChI=1S/C23H20F2N4OS/c24-16-8-6-14(7-9-16)11-26-23(30)15-3-2-10-29(12-15)22-21-20(27-13-28-22)19-17(25)4-1-5-18(19)31-21/h1,4-9,13,15H,2-3,10-12H2,(H,26,30). The molecule has 5 nitrogen and oxygen atoms in total. The minimum absolute atomic E-state index is 0.0262. The fourth-order valence-corrected chi connectivity index (χ4v) is 5.30. The quantitative estimate of drug-likeness (QED) is 0.504. The van der Waals surface area contributed by atoms with Gasteiger partial charge in [0.05, 0.1) is 21.5 Å². The van der Waals surface area contributed by atoms with E-state index in [1.807, 2.05) is 6.07 Å². The van der Waals surface area contributed by atoms with Gasteiger partial charge in [0, 0.05) is 24.3 Å². The molecule has 2 aromatic carbocycles. The van der Waals surface area contributed by atoms with Crippen molar-refractivity contribution in [1.29, 1.82) is 0 Å². The van der Waals surface area contributed by atoms with Gasteiger partial charge in [0.1, 0.15) is 23.8 Å². The predicted octanol–water partition coefficient (Wildman–Crippen LogP) is 4.66. The molecule has 4 aromatic rings. The molecule has 1 saturated heterocycles. The van der Waals surface area contributed by atoms with E-state index in [1.165, 1.54) is 35.9 Å². The molecule has 1 aliphatic rings. The first-order valence-electron chi connectivity index (χ1n) is 10.2. The lowest BCUT2D eigenvalue weighted by Gasteiger charge is -2.33. The van der Waals surface area contributed by atoms with Crippen molar-refractivity contribution in [2.75, 3.05) is 18.0 Å². The molecular weight excluding hydrogens is 418 g/mol. The highest BCUT2D eigenvalue weighted by atomic mass is 32.1. The lowest BCUT2D eigenvalue weighted by molar-refractivity contribution is -0.125. The van der Waals surface area contributed by atoms with Gasteiger partial charge in [-0.1, -0.05) is 18.2 Å². The van der Waals surface area contributed by atoms with Crippen LogP contribution in [-0.4, -0.2) is 29.0 Å². The summed E-state index contributed by atoms with van der Waals surface area (Å²) in [6.07, 6.45) is 3.12. The van der Waals surface area contributed by atoms with E-state index in [-0.39, 0.29) is 23.5 Å². The average molecular weight is 439 g/mol. The van der Waals surface area contributed by atoms with Gasteiger partial charge in [-0.3, -0.25) is 4.79 Å². The third kappa shape index (κ3) is 3.83. The van der Waals surface area contributed by atoms with Gasteiger partial charge in [-0.15, -0.1) is 11.3 Å². The van der Waals surface area contributed by atoms with Crippen LogP contribution in [0, 0.1) is 17.6 Å². The Bertz CT molecular complexity index is 1260. The molecule has 8 heteroatoms. The van der Waals surface area contributed by atoms with Crippen molar-refractivity contribution in [3.8, 4) is 0 Å². The predicted molar refractivity (Wildman–Crippen MR) is 118 cm³/mol. The molecule has 5 rings (SSSR count). The van der Waals surface area contributed by atoms with Crippen molar-refractivity contribution in [3.05, 3.63) is 66.0 Å². The van der Waals surface area contributed by atoms with Gasteiger partial charge in [0.2, 0.25) is 5.91 Å². The molecule has 1 aliphatic heterocycles. The maximum atomic E-state index is 14.4. The Balaban J connectivity index is 1.36. The number of anilines is 1. The van der Waals surface area contributed by atoms with E-state index in [0.717, 1.165) is 40.2 Å². The number of aromatic nitrogens is 2. The van der Waals surface area contributed by atoms with Crippen LogP contribution in [0.5, 0.6) is 0 Å². The zero-order valence-electron chi connectivity index (χ0n) is 16.6. The van der Waals surface area contributed by atoms with E-state index in [1.54, 1.807) is 18.2 Å². The summed E-state index contributed by atoms with van der Waals surface area (Å²) in [4.78, 5) is 23.7. The molecule has 0 bridgehead atoms. The molecule has 0 aliphatic carbocycles. The Labute approximate surface area is 181 Å². The molecule has 1 amide bonds. The van der Waals surface area contributed by atoms with Gasteiger partial charge in [0.15, 0.2) is 0 Å². The number of piperidine rings is 1. The van der Waals surface area contributed by atoms with Crippen molar-refractivity contribution in [2.24, 2.45) is 5.92 Å². The highest BCUT2D eigenvalue weighted by molar-refractivity contribution is 7.26. The fourth-order valence-electron chi connectivity index (χ4n) is 4.11. The number of nitrogens with zero attached hydrogens (tertiary/aromatic N) is 3. The minimum atomic E-state index is -0.296. The highest BCUT2D eigenvalue weighted by Gasteiger charge is 2.28. The van der Waals surface area contributed by atoms with Crippen molar-refractivity contribution in [3.63, 3.8) is 0 Å². The zero-order chi connectivity index (χ0) is 21.4. The molecule has 0 spiro atoms. The number of fused-ring (bicyclic) bond motifs is 3. The first-order valence-corrected chi connectivity index (χ1v) is 11.0. The summed E-state index contributed by atoms with van der Waals surface area (Å²) in [5, 5.41) is 3.48. The molecule has 1 N–H and O–H groups in total. The van der Waals surface area contributed by atoms with Crippen LogP contribution in [0.25, 0.3) is 20.3 Å². The van der Waals surface area contributed by atoms with Crippen molar-refractivity contribution in [1.82, 2.24) is 15.3 Å². The molecule has 0 saturated carbocycles. The Hall–Kier alpha value is -3.13. The van der Waals surface area contributed by atoms with Gasteiger partial charge in [-0.25, -0.2) is 18.7 Å². The molecule has 158 valence electrons. The smallest absolute Gasteiger partial charge is 0.225 e. The van der Waals surface area contributed by atoms with E-state index in [2.05, 4.69) is 20.2 Å². The molecule has 31 heavy (non-hydrogen) atoms. The summed E-state index contributed by atoms with van der Waals surface area (Å²) in [5.41, 5.74) is 1.47. The number of hydrogen-bond donors (Lipinski definition) is 1. The molecule has 3 heterocycles. The lowest BCUT2D eigenvalue weighted by Crippen LogP contribution is -2.43. The third-order valence-electron chi connectivity index (χ3n) is 5.68. The van der Waals surface area contributed by atoms with Crippen LogP contribution >= 0.6 is 11.3 Å². The maximum Gasteiger partial charge on any atom is 0.225 e. The van der Waals surface area contributed by atoms with Crippen LogP contribution in [-0.2, 0) is 11.3 Å². The first-order chi connectivity index (χ1) is 15.1. The number of thiophene rings is 1. The summed E-state index contributed by atoms with van der Waals surface area (Å²) in [6, 6.07) is 11.1. The third-order valence-corrected chi connectivity index (χ3v) is 6.82. The topological polar surface area (TPSA) is 58.1 Å². The van der Waals surface area contributed by atoms with Crippen molar-refractivity contribution in [2.45, 2.75) is 19.4 Å². The number of carbonyl (C=O) groups excluding carboxylic acids is 1. The van der Waals surface area contributed by atoms with Crippen LogP contribution in [0.3, 0.4) is 0 Å². The van der Waals surface area contributed by atoms with E-state index in [9.17, 15) is 13.6 Å². The van der Waals surface area contributed by atoms with Crippen LogP contribution in [0.1, 0.15) is 18.4 Å². The molecule has 1 fully saturated rings. The van der Waals surface area contributed by atoms with Crippen LogP contribution < -0.4 is 10.2 Å². The second-order valence-electron chi connectivity index (χ2n) is 7.72. The summed E-state index contributed by atoms with van der Waals surface area (Å²) < 4.78 is 29.1. The van der Waals surface area contributed by atoms with E-state index < -0.39 is 0 Å². The van der Waals surface area contributed by atoms with Gasteiger partial charge >= 0.3 is 0 Å². The SMILES string of the molecule is O=C(NCc1ccc(F)cc1)C1CCCN(c2ncnc3c2sc2cccc(F)c23)C1. The van der Waals surface area contributed by atoms with Crippen LogP contribution in [0.2, 0.25) is 0 Å². The van der Waals surface area contributed by atoms with E-state index in [0.29, 0.717) is 24.0 Å². The summed E-state index contributed by atoms with van der Waals surface area (Å²) in [7, 11) is 0. The summed E-state index contributed by atoms with van der Waals surface area (Å²) >= 11 is 1.48. The van der Waals surface area contributed by atoms with Gasteiger partial charge in [-0.05, 0) is 42.7 Å². The lowest BCUT2D eigenvalue weighted by atomic mass is 9.97. The monoisotopic (exact) mass is 438 g/mol. The number of rotatable bonds is 4. The minimum Gasteiger partial charge on any atom is -0.355 e. The second-order valence-corrected chi connectivity index (χ2v) is 8.77. The van der Waals surface area contributed by atoms with Crippen molar-refractivity contribution >= 4 is 43.4 Å². The number of hydrogen-bond acceptors (Lipinski definition) is 5. The van der Waals surface area contributed by atoms with Gasteiger partial charge in [-0.2, -0.15) is 0 Å². The first kappa shape index (κ1) is 19.8. The molecular formula is C23H20F2N4OS. The number of nitrogens with one attached hydrogen (secondary N) is 1. The number of carbonyl (C=O) groups is 1. The molecule has 2 aromatic heterocycles. The Morgan fingerprint density at radius 1 is 1.16 bits per heavy atom. The Kier molecular flexibility index (Phi) is 5.23. The van der Waals surface area contributed by atoms with Crippen LogP contribution in [0.15, 0.2) is 48.8 Å². The fraction of sp³-hybridized carbons (Fsp3) is 0.261. The van der Waals surface area contributed by atoms with E-state index >= 15 is 0 Å². The summed E-state index contributed by atoms with van der Waals surface area (Å²) in [5.74, 6) is -0.0333.